The zero-order chi connectivity index (χ0) is 24.1. The van der Waals surface area contributed by atoms with Gasteiger partial charge in [-0.25, -0.2) is 10.1 Å². The number of hydrazone groups is 1. The van der Waals surface area contributed by atoms with Gasteiger partial charge in [0.05, 0.1) is 41.7 Å². The van der Waals surface area contributed by atoms with Gasteiger partial charge in [0.1, 0.15) is 11.3 Å². The molecule has 0 aliphatic rings. The van der Waals surface area contributed by atoms with Gasteiger partial charge in [0.2, 0.25) is 0 Å². The van der Waals surface area contributed by atoms with Crippen molar-refractivity contribution < 1.29 is 14.3 Å². The first-order valence-corrected chi connectivity index (χ1v) is 10.7. The average molecular weight is 477 g/mol. The minimum absolute atomic E-state index is 0.249. The number of aromatic nitrogens is 3. The number of carbonyl (C=O) groups excluding carboxylic acids is 2. The van der Waals surface area contributed by atoms with Gasteiger partial charge in [-0.15, -0.1) is 5.10 Å². The first-order valence-electron chi connectivity index (χ1n) is 10.3. The lowest BCUT2D eigenvalue weighted by molar-refractivity contribution is 0.0955. The van der Waals surface area contributed by atoms with Crippen molar-refractivity contribution in [2.45, 2.75) is 13.5 Å². The highest BCUT2D eigenvalue weighted by Gasteiger charge is 2.17. The Bertz CT molecular complexity index is 1400. The summed E-state index contributed by atoms with van der Waals surface area (Å²) in [6, 6.07) is 18.9. The molecule has 172 valence electrons. The van der Waals surface area contributed by atoms with E-state index < -0.39 is 11.8 Å². The van der Waals surface area contributed by atoms with Crippen LogP contribution in [0, 0.1) is 0 Å². The fourth-order valence-corrected chi connectivity index (χ4v) is 3.50. The fraction of sp³-hybridized carbons (Fsp3) is 0.125. The molecule has 2 N–H and O–H groups in total. The van der Waals surface area contributed by atoms with E-state index in [0.29, 0.717) is 28.7 Å². The van der Waals surface area contributed by atoms with E-state index in [9.17, 15) is 9.59 Å². The first-order chi connectivity index (χ1) is 16.5. The van der Waals surface area contributed by atoms with Crippen molar-refractivity contribution in [2.75, 3.05) is 12.4 Å². The number of para-hydroxylation sites is 2. The third kappa shape index (κ3) is 5.05. The summed E-state index contributed by atoms with van der Waals surface area (Å²) in [5.74, 6) is -0.571. The summed E-state index contributed by atoms with van der Waals surface area (Å²) in [5.41, 5.74) is 5.62. The summed E-state index contributed by atoms with van der Waals surface area (Å²) in [6.45, 7) is 2.13. The Morgan fingerprint density at radius 2 is 1.79 bits per heavy atom. The van der Waals surface area contributed by atoms with E-state index >= 15 is 0 Å². The molecule has 0 atom stereocenters. The van der Waals surface area contributed by atoms with E-state index in [-0.39, 0.29) is 11.1 Å². The topological polar surface area (TPSA) is 110 Å². The Labute approximate surface area is 200 Å². The zero-order valence-corrected chi connectivity index (χ0v) is 19.2. The van der Waals surface area contributed by atoms with Crippen LogP contribution in [0.2, 0.25) is 5.02 Å². The highest BCUT2D eigenvalue weighted by atomic mass is 35.5. The maximum atomic E-state index is 12.8. The molecular formula is C24H21ClN6O3. The Morgan fingerprint density at radius 3 is 2.62 bits per heavy atom. The van der Waals surface area contributed by atoms with Crippen LogP contribution in [0.4, 0.5) is 5.69 Å². The van der Waals surface area contributed by atoms with Crippen LogP contribution in [-0.4, -0.2) is 39.6 Å². The molecule has 0 spiro atoms. The Hall–Kier alpha value is -4.24. The van der Waals surface area contributed by atoms with Crippen LogP contribution in [0.1, 0.15) is 27.6 Å². The van der Waals surface area contributed by atoms with Gasteiger partial charge in [-0.05, 0) is 49.4 Å². The number of anilines is 1. The average Bonchev–Trinajstić information content (AvgIpc) is 3.25. The lowest BCUT2D eigenvalue weighted by Gasteiger charge is -2.12. The molecule has 0 aliphatic carbocycles. The molecule has 3 aromatic carbocycles. The summed E-state index contributed by atoms with van der Waals surface area (Å²) in [5, 5.41) is 15.5. The Kier molecular flexibility index (Phi) is 6.84. The van der Waals surface area contributed by atoms with Crippen molar-refractivity contribution >= 4 is 45.8 Å². The molecule has 2 amide bonds. The molecule has 9 nitrogen and oxygen atoms in total. The van der Waals surface area contributed by atoms with Crippen molar-refractivity contribution in [3.05, 3.63) is 82.9 Å². The zero-order valence-electron chi connectivity index (χ0n) is 18.4. The van der Waals surface area contributed by atoms with Crippen LogP contribution in [0.3, 0.4) is 0 Å². The standard InChI is InChI=1S/C24H21ClN6O3/c1-15(14-31-21-10-6-5-9-20(21)28-30-31)27-29-24(33)17-7-3-4-8-19(17)26-23(32)18-13-16(25)11-12-22(18)34-2/h3-13H,14H2,1-2H3,(H,26,32)(H,29,33). The second-order valence-corrected chi connectivity index (χ2v) is 7.80. The second-order valence-electron chi connectivity index (χ2n) is 7.37. The van der Waals surface area contributed by atoms with Gasteiger partial charge in [0.25, 0.3) is 11.8 Å². The molecular weight excluding hydrogens is 456 g/mol. The predicted octanol–water partition coefficient (Wildman–Crippen LogP) is 4.15. The third-order valence-electron chi connectivity index (χ3n) is 4.97. The van der Waals surface area contributed by atoms with E-state index in [1.54, 1.807) is 48.0 Å². The van der Waals surface area contributed by atoms with Gasteiger partial charge in [-0.1, -0.05) is 41.1 Å². The van der Waals surface area contributed by atoms with E-state index in [2.05, 4.69) is 26.2 Å². The number of hydrogen-bond donors (Lipinski definition) is 2. The molecule has 4 rings (SSSR count). The van der Waals surface area contributed by atoms with Gasteiger partial charge in [0.15, 0.2) is 0 Å². The number of amides is 2. The number of nitrogens with zero attached hydrogens (tertiary/aromatic N) is 4. The number of fused-ring (bicyclic) bond motifs is 1. The summed E-state index contributed by atoms with van der Waals surface area (Å²) in [7, 11) is 1.46. The smallest absolute Gasteiger partial charge is 0.273 e. The lowest BCUT2D eigenvalue weighted by atomic mass is 10.1. The number of hydrogen-bond acceptors (Lipinski definition) is 6. The molecule has 1 aromatic heterocycles. The van der Waals surface area contributed by atoms with Gasteiger partial charge < -0.3 is 10.1 Å². The highest BCUT2D eigenvalue weighted by molar-refractivity contribution is 6.31. The predicted molar refractivity (Wildman–Crippen MR) is 131 cm³/mol. The number of halogens is 1. The maximum Gasteiger partial charge on any atom is 0.273 e. The fourth-order valence-electron chi connectivity index (χ4n) is 3.33. The molecule has 4 aromatic rings. The van der Waals surface area contributed by atoms with Crippen LogP contribution in [0.5, 0.6) is 5.75 Å². The number of carbonyl (C=O) groups is 2. The van der Waals surface area contributed by atoms with Gasteiger partial charge in [-0.2, -0.15) is 5.10 Å². The monoisotopic (exact) mass is 476 g/mol. The van der Waals surface area contributed by atoms with E-state index in [1.165, 1.54) is 13.2 Å². The molecule has 0 aliphatic heterocycles. The molecule has 0 saturated carbocycles. The van der Waals surface area contributed by atoms with Crippen LogP contribution in [0.25, 0.3) is 11.0 Å². The molecule has 0 saturated heterocycles. The van der Waals surface area contributed by atoms with Crippen molar-refractivity contribution in [1.82, 2.24) is 20.4 Å². The van der Waals surface area contributed by atoms with Crippen LogP contribution >= 0.6 is 11.6 Å². The quantitative estimate of drug-likeness (QED) is 0.307. The normalized spacial score (nSPS) is 11.3. The van der Waals surface area contributed by atoms with Crippen molar-refractivity contribution in [3.8, 4) is 5.75 Å². The Morgan fingerprint density at radius 1 is 1.03 bits per heavy atom. The van der Waals surface area contributed by atoms with Crippen molar-refractivity contribution in [2.24, 2.45) is 5.10 Å². The third-order valence-corrected chi connectivity index (χ3v) is 5.21. The molecule has 0 bridgehead atoms. The van der Waals surface area contributed by atoms with Crippen molar-refractivity contribution in [3.63, 3.8) is 0 Å². The molecule has 0 unspecified atom stereocenters. The van der Waals surface area contributed by atoms with Crippen LogP contribution in [-0.2, 0) is 6.54 Å². The minimum atomic E-state index is -0.475. The van der Waals surface area contributed by atoms with Gasteiger partial charge in [-0.3, -0.25) is 9.59 Å². The number of rotatable bonds is 7. The summed E-state index contributed by atoms with van der Waals surface area (Å²) < 4.78 is 6.94. The van der Waals surface area contributed by atoms with E-state index in [1.807, 2.05) is 24.3 Å². The first kappa shape index (κ1) is 22.9. The second kappa shape index (κ2) is 10.1. The Balaban J connectivity index is 1.48. The van der Waals surface area contributed by atoms with Gasteiger partial charge >= 0.3 is 0 Å². The SMILES string of the molecule is COc1ccc(Cl)cc1C(=O)Nc1ccccc1C(=O)NN=C(C)Cn1nnc2ccccc21. The van der Waals surface area contributed by atoms with E-state index in [4.69, 9.17) is 16.3 Å². The molecule has 0 radical (unpaired) electrons. The highest BCUT2D eigenvalue weighted by Crippen LogP contribution is 2.24. The molecule has 10 heteroatoms. The van der Waals surface area contributed by atoms with Crippen molar-refractivity contribution in [1.29, 1.82) is 0 Å². The van der Waals surface area contributed by atoms with E-state index in [0.717, 1.165) is 11.0 Å². The number of methoxy groups -OCH3 is 1. The van der Waals surface area contributed by atoms with Crippen LogP contribution < -0.4 is 15.5 Å². The summed E-state index contributed by atoms with van der Waals surface area (Å²) >= 11 is 6.03. The number of nitrogens with one attached hydrogen (secondary N) is 2. The molecule has 1 heterocycles. The number of ether oxygens (including phenoxy) is 1. The summed E-state index contributed by atoms with van der Waals surface area (Å²) in [6.07, 6.45) is 0. The summed E-state index contributed by atoms with van der Waals surface area (Å²) in [4.78, 5) is 25.7. The van der Waals surface area contributed by atoms with Crippen LogP contribution in [0.15, 0.2) is 71.8 Å². The lowest BCUT2D eigenvalue weighted by Crippen LogP contribution is -2.23. The maximum absolute atomic E-state index is 12.8. The minimum Gasteiger partial charge on any atom is -0.496 e. The molecule has 0 fully saturated rings. The molecule has 34 heavy (non-hydrogen) atoms. The largest absolute Gasteiger partial charge is 0.496 e. The van der Waals surface area contributed by atoms with Gasteiger partial charge in [0, 0.05) is 5.02 Å². The number of benzene rings is 3.